The Morgan fingerprint density at radius 3 is 1.68 bits per heavy atom. The molecule has 0 spiro atoms. The van der Waals surface area contributed by atoms with Gasteiger partial charge >= 0.3 is 0 Å². The van der Waals surface area contributed by atoms with Crippen LogP contribution in [-0.2, 0) is 4.79 Å². The predicted molar refractivity (Wildman–Crippen MR) is 101 cm³/mol. The van der Waals surface area contributed by atoms with E-state index in [9.17, 15) is 4.79 Å². The Morgan fingerprint density at radius 1 is 0.840 bits per heavy atom. The first kappa shape index (κ1) is 20.7. The van der Waals surface area contributed by atoms with E-state index in [1.54, 1.807) is 0 Å². The highest BCUT2D eigenvalue weighted by molar-refractivity contribution is 5.77. The monoisotopic (exact) mass is 355 g/mol. The first-order valence-electron chi connectivity index (χ1n) is 10.0. The van der Waals surface area contributed by atoms with Crippen molar-refractivity contribution in [3.8, 4) is 0 Å². The highest BCUT2D eigenvalue weighted by atomic mass is 16.2. The fourth-order valence-corrected chi connectivity index (χ4v) is 5.95. The average molecular weight is 356 g/mol. The number of quaternary nitrogens is 3. The summed E-state index contributed by atoms with van der Waals surface area (Å²) in [6, 6.07) is 0.830. The van der Waals surface area contributed by atoms with Crippen LogP contribution in [0.3, 0.4) is 0 Å². The molecule has 0 aromatic carbocycles. The molecular formula is C20H43N4O+3. The second kappa shape index (κ2) is 6.82. The molecule has 2 heterocycles. The van der Waals surface area contributed by atoms with Gasteiger partial charge in [0.15, 0.2) is 6.54 Å². The maximum atomic E-state index is 12.5. The Balaban J connectivity index is 1.84. The molecule has 146 valence electrons. The summed E-state index contributed by atoms with van der Waals surface area (Å²) in [5.41, 5.74) is 0.895. The van der Waals surface area contributed by atoms with E-state index in [1.807, 2.05) is 0 Å². The third-order valence-electron chi connectivity index (χ3n) is 5.69. The van der Waals surface area contributed by atoms with Gasteiger partial charge in [0.2, 0.25) is 0 Å². The summed E-state index contributed by atoms with van der Waals surface area (Å²) in [5.74, 6) is 0.198. The zero-order valence-corrected chi connectivity index (χ0v) is 17.8. The molecule has 2 rings (SSSR count). The fourth-order valence-electron chi connectivity index (χ4n) is 5.95. The summed E-state index contributed by atoms with van der Waals surface area (Å²) in [6.45, 7) is 18.9. The van der Waals surface area contributed by atoms with Gasteiger partial charge in [-0.05, 0) is 55.4 Å². The molecule has 0 saturated carbocycles. The topological polar surface area (TPSA) is 78.9 Å². The molecule has 0 atom stereocenters. The van der Waals surface area contributed by atoms with Gasteiger partial charge in [-0.1, -0.05) is 0 Å². The van der Waals surface area contributed by atoms with Crippen LogP contribution in [0.15, 0.2) is 0 Å². The number of carbonyl (C=O) groups is 1. The van der Waals surface area contributed by atoms with Crippen molar-refractivity contribution in [1.82, 2.24) is 5.32 Å². The summed E-state index contributed by atoms with van der Waals surface area (Å²) >= 11 is 0. The lowest BCUT2D eigenvalue weighted by molar-refractivity contribution is -0.812. The van der Waals surface area contributed by atoms with Crippen LogP contribution in [0.5, 0.6) is 0 Å². The lowest BCUT2D eigenvalue weighted by Crippen LogP contribution is -3.09. The van der Waals surface area contributed by atoms with Crippen molar-refractivity contribution in [1.29, 1.82) is 0 Å². The minimum atomic E-state index is 0.191. The van der Waals surface area contributed by atoms with E-state index in [0.717, 1.165) is 25.7 Å². The van der Waals surface area contributed by atoms with Crippen LogP contribution in [0.2, 0.25) is 0 Å². The van der Waals surface area contributed by atoms with E-state index in [2.05, 4.69) is 76.7 Å². The van der Waals surface area contributed by atoms with E-state index < -0.39 is 0 Å². The number of nitrogens with one attached hydrogen (secondary N) is 1. The molecular weight excluding hydrogens is 312 g/mol. The summed E-state index contributed by atoms with van der Waals surface area (Å²) in [5, 5.41) is 10.5. The average Bonchev–Trinajstić information content (AvgIpc) is 2.28. The van der Waals surface area contributed by atoms with E-state index in [-0.39, 0.29) is 28.1 Å². The third kappa shape index (κ3) is 6.54. The first-order valence-corrected chi connectivity index (χ1v) is 10.0. The molecule has 0 aromatic heterocycles. The van der Waals surface area contributed by atoms with Crippen molar-refractivity contribution in [2.24, 2.45) is 0 Å². The SMILES string of the molecule is CC1(C)CC(NC(=O)C[NH2+]C2CC(C)(C)[NH2+]C(C)(C)C2)CC(C)(C)[NH2+]1. The minimum absolute atomic E-state index is 0.191. The van der Waals surface area contributed by atoms with E-state index >= 15 is 0 Å². The number of hydrogen-bond donors (Lipinski definition) is 4. The summed E-state index contributed by atoms with van der Waals surface area (Å²) in [6.07, 6.45) is 4.39. The largest absolute Gasteiger partial charge is 0.348 e. The van der Waals surface area contributed by atoms with Crippen LogP contribution >= 0.6 is 0 Å². The van der Waals surface area contributed by atoms with Gasteiger partial charge in [-0.25, -0.2) is 0 Å². The van der Waals surface area contributed by atoms with Crippen LogP contribution in [0.4, 0.5) is 0 Å². The predicted octanol–water partition coefficient (Wildman–Crippen LogP) is -0.768. The zero-order chi connectivity index (χ0) is 19.1. The lowest BCUT2D eigenvalue weighted by Gasteiger charge is -2.43. The molecule has 5 nitrogen and oxygen atoms in total. The minimum Gasteiger partial charge on any atom is -0.348 e. The highest BCUT2D eigenvalue weighted by Crippen LogP contribution is 2.22. The Bertz CT molecular complexity index is 464. The van der Waals surface area contributed by atoms with Gasteiger partial charge < -0.3 is 21.3 Å². The van der Waals surface area contributed by atoms with E-state index in [1.165, 1.54) is 0 Å². The molecule has 7 N–H and O–H groups in total. The Morgan fingerprint density at radius 2 is 1.24 bits per heavy atom. The maximum absolute atomic E-state index is 12.5. The molecule has 2 aliphatic heterocycles. The van der Waals surface area contributed by atoms with Crippen molar-refractivity contribution >= 4 is 5.91 Å². The lowest BCUT2D eigenvalue weighted by atomic mass is 9.79. The van der Waals surface area contributed by atoms with Gasteiger partial charge in [0, 0.05) is 18.9 Å². The van der Waals surface area contributed by atoms with Gasteiger partial charge in [-0.2, -0.15) is 0 Å². The molecule has 2 fully saturated rings. The van der Waals surface area contributed by atoms with E-state index in [4.69, 9.17) is 0 Å². The molecule has 0 aliphatic carbocycles. The standard InChI is InChI=1S/C20H40N4O/c1-17(2)9-14(10-18(3,4)23-17)21-13-16(25)22-15-11-19(5,6)24-20(7,8)12-15/h14-15,21,23-24H,9-13H2,1-8H3,(H,22,25)/p+3. The fraction of sp³-hybridized carbons (Fsp3) is 0.950. The molecule has 25 heavy (non-hydrogen) atoms. The van der Waals surface area contributed by atoms with Crippen LogP contribution in [0, 0.1) is 0 Å². The summed E-state index contributed by atoms with van der Waals surface area (Å²) in [4.78, 5) is 12.5. The van der Waals surface area contributed by atoms with Gasteiger partial charge in [0.1, 0.15) is 0 Å². The van der Waals surface area contributed by atoms with Gasteiger partial charge in [-0.15, -0.1) is 0 Å². The van der Waals surface area contributed by atoms with Crippen molar-refractivity contribution < 1.29 is 20.7 Å². The number of rotatable bonds is 4. The number of nitrogens with two attached hydrogens (primary N) is 3. The number of hydrogen-bond acceptors (Lipinski definition) is 1. The maximum Gasteiger partial charge on any atom is 0.275 e. The Labute approximate surface area is 154 Å². The molecule has 2 saturated heterocycles. The van der Waals surface area contributed by atoms with Gasteiger partial charge in [0.25, 0.3) is 5.91 Å². The Kier molecular flexibility index (Phi) is 5.64. The summed E-state index contributed by atoms with van der Waals surface area (Å²) < 4.78 is 0. The normalized spacial score (nSPS) is 28.5. The van der Waals surface area contributed by atoms with Crippen molar-refractivity contribution in [2.75, 3.05) is 6.54 Å². The van der Waals surface area contributed by atoms with Crippen LogP contribution in [0.25, 0.3) is 0 Å². The van der Waals surface area contributed by atoms with Crippen LogP contribution < -0.4 is 21.3 Å². The third-order valence-corrected chi connectivity index (χ3v) is 5.69. The smallest absolute Gasteiger partial charge is 0.275 e. The quantitative estimate of drug-likeness (QED) is 0.525. The van der Waals surface area contributed by atoms with Gasteiger partial charge in [0.05, 0.1) is 41.0 Å². The van der Waals surface area contributed by atoms with Gasteiger partial charge in [-0.3, -0.25) is 4.79 Å². The van der Waals surface area contributed by atoms with Crippen molar-refractivity contribution in [3.63, 3.8) is 0 Å². The highest BCUT2D eigenvalue weighted by Gasteiger charge is 2.44. The zero-order valence-electron chi connectivity index (χ0n) is 17.8. The van der Waals surface area contributed by atoms with Crippen LogP contribution in [-0.4, -0.2) is 46.7 Å². The number of amides is 1. The second-order valence-electron chi connectivity index (χ2n) is 11.5. The molecule has 0 radical (unpaired) electrons. The Hall–Kier alpha value is -0.650. The second-order valence-corrected chi connectivity index (χ2v) is 11.5. The number of piperidine rings is 2. The first-order chi connectivity index (χ1) is 11.2. The molecule has 0 bridgehead atoms. The van der Waals surface area contributed by atoms with Crippen molar-refractivity contribution in [2.45, 2.75) is 115 Å². The van der Waals surface area contributed by atoms with Crippen LogP contribution in [0.1, 0.15) is 81.1 Å². The molecule has 2 aliphatic rings. The van der Waals surface area contributed by atoms with E-state index in [0.29, 0.717) is 18.6 Å². The van der Waals surface area contributed by atoms with Crippen molar-refractivity contribution in [3.05, 3.63) is 0 Å². The molecule has 1 amide bonds. The number of carbonyl (C=O) groups excluding carboxylic acids is 1. The molecule has 5 heteroatoms. The molecule has 0 unspecified atom stereocenters. The molecule has 0 aromatic rings. The summed E-state index contributed by atoms with van der Waals surface area (Å²) in [7, 11) is 0.